The lowest BCUT2D eigenvalue weighted by molar-refractivity contribution is 0.0904. The molecule has 2 aliphatic rings. The van der Waals surface area contributed by atoms with Crippen molar-refractivity contribution in [2.75, 3.05) is 24.5 Å². The number of anilines is 1. The summed E-state index contributed by atoms with van der Waals surface area (Å²) >= 11 is 0. The van der Waals surface area contributed by atoms with E-state index in [1.54, 1.807) is 0 Å². The minimum absolute atomic E-state index is 0.719. The van der Waals surface area contributed by atoms with Crippen molar-refractivity contribution in [3.05, 3.63) is 29.8 Å². The van der Waals surface area contributed by atoms with E-state index in [-0.39, 0.29) is 0 Å². The third-order valence-electron chi connectivity index (χ3n) is 4.50. The quantitative estimate of drug-likeness (QED) is 0.800. The molecule has 1 spiro atoms. The summed E-state index contributed by atoms with van der Waals surface area (Å²) in [5.74, 6) is 0. The van der Waals surface area contributed by atoms with Gasteiger partial charge in [0, 0.05) is 30.7 Å². The standard InChI is InChI=1S/C16H24N2/c1-2-9-17-11-14-5-3-6-15(10-14)18-12-16(13-18)7-4-8-16/h3,5-6,10,17H,2,4,7-9,11-13H2,1H3. The van der Waals surface area contributed by atoms with Crippen molar-refractivity contribution in [1.82, 2.24) is 5.32 Å². The zero-order chi connectivity index (χ0) is 12.4. The molecule has 0 amide bonds. The lowest BCUT2D eigenvalue weighted by Crippen LogP contribution is -2.59. The molecule has 1 saturated heterocycles. The fraction of sp³-hybridized carbons (Fsp3) is 0.625. The number of nitrogens with zero attached hydrogens (tertiary/aromatic N) is 1. The fourth-order valence-electron chi connectivity index (χ4n) is 3.21. The molecule has 1 saturated carbocycles. The molecule has 1 N–H and O–H groups in total. The Labute approximate surface area is 110 Å². The van der Waals surface area contributed by atoms with E-state index < -0.39 is 0 Å². The van der Waals surface area contributed by atoms with E-state index in [1.165, 1.54) is 50.0 Å². The highest BCUT2D eigenvalue weighted by molar-refractivity contribution is 5.52. The molecule has 2 nitrogen and oxygen atoms in total. The summed E-state index contributed by atoms with van der Waals surface area (Å²) < 4.78 is 0. The van der Waals surface area contributed by atoms with Gasteiger partial charge in [0.2, 0.25) is 0 Å². The van der Waals surface area contributed by atoms with Gasteiger partial charge in [-0.25, -0.2) is 0 Å². The Morgan fingerprint density at radius 1 is 1.28 bits per heavy atom. The van der Waals surface area contributed by atoms with Gasteiger partial charge in [-0.3, -0.25) is 0 Å². The molecule has 1 aliphatic heterocycles. The molecule has 18 heavy (non-hydrogen) atoms. The van der Waals surface area contributed by atoms with Crippen LogP contribution in [0.1, 0.15) is 38.2 Å². The molecule has 1 heterocycles. The van der Waals surface area contributed by atoms with Gasteiger partial charge in [0.1, 0.15) is 0 Å². The van der Waals surface area contributed by atoms with E-state index in [4.69, 9.17) is 0 Å². The first-order chi connectivity index (χ1) is 8.81. The Bertz CT molecular complexity index is 401. The molecule has 0 atom stereocenters. The number of rotatable bonds is 5. The van der Waals surface area contributed by atoms with Crippen molar-refractivity contribution in [3.63, 3.8) is 0 Å². The molecule has 0 bridgehead atoms. The smallest absolute Gasteiger partial charge is 0.0369 e. The average molecular weight is 244 g/mol. The average Bonchev–Trinajstić information content (AvgIpc) is 2.26. The summed E-state index contributed by atoms with van der Waals surface area (Å²) in [5.41, 5.74) is 3.55. The van der Waals surface area contributed by atoms with Gasteiger partial charge in [-0.1, -0.05) is 25.5 Å². The highest BCUT2D eigenvalue weighted by Crippen LogP contribution is 2.49. The van der Waals surface area contributed by atoms with Gasteiger partial charge >= 0.3 is 0 Å². The minimum atomic E-state index is 0.719. The minimum Gasteiger partial charge on any atom is -0.370 e. The Kier molecular flexibility index (Phi) is 3.29. The monoisotopic (exact) mass is 244 g/mol. The van der Waals surface area contributed by atoms with Gasteiger partial charge in [-0.05, 0) is 43.5 Å². The Hall–Kier alpha value is -1.02. The van der Waals surface area contributed by atoms with Crippen LogP contribution in [0.3, 0.4) is 0 Å². The maximum Gasteiger partial charge on any atom is 0.0369 e. The second-order valence-electron chi connectivity index (χ2n) is 6.06. The second kappa shape index (κ2) is 4.93. The first kappa shape index (κ1) is 12.0. The number of hydrogen-bond acceptors (Lipinski definition) is 2. The van der Waals surface area contributed by atoms with Crippen molar-refractivity contribution in [3.8, 4) is 0 Å². The molecule has 0 unspecified atom stereocenters. The SMILES string of the molecule is CCCNCc1cccc(N2CC3(CCC3)C2)c1. The van der Waals surface area contributed by atoms with E-state index in [2.05, 4.69) is 41.4 Å². The van der Waals surface area contributed by atoms with E-state index in [1.807, 2.05) is 0 Å². The topological polar surface area (TPSA) is 15.3 Å². The molecule has 2 fully saturated rings. The maximum atomic E-state index is 3.47. The van der Waals surface area contributed by atoms with Gasteiger partial charge < -0.3 is 10.2 Å². The molecular weight excluding hydrogens is 220 g/mol. The van der Waals surface area contributed by atoms with Crippen LogP contribution in [0.2, 0.25) is 0 Å². The molecule has 3 rings (SSSR count). The normalized spacial score (nSPS) is 20.6. The van der Waals surface area contributed by atoms with Gasteiger partial charge in [0.05, 0.1) is 0 Å². The van der Waals surface area contributed by atoms with Crippen molar-refractivity contribution < 1.29 is 0 Å². The number of nitrogens with one attached hydrogen (secondary N) is 1. The molecule has 98 valence electrons. The van der Waals surface area contributed by atoms with Crippen molar-refractivity contribution >= 4 is 5.69 Å². The third kappa shape index (κ3) is 2.26. The summed E-state index contributed by atoms with van der Waals surface area (Å²) in [5, 5.41) is 3.47. The zero-order valence-corrected chi connectivity index (χ0v) is 11.4. The van der Waals surface area contributed by atoms with Crippen LogP contribution in [0.25, 0.3) is 0 Å². The molecular formula is C16H24N2. The first-order valence-electron chi connectivity index (χ1n) is 7.36. The molecule has 1 aliphatic carbocycles. The third-order valence-corrected chi connectivity index (χ3v) is 4.50. The lowest BCUT2D eigenvalue weighted by Gasteiger charge is -2.57. The highest BCUT2D eigenvalue weighted by Gasteiger charge is 2.47. The van der Waals surface area contributed by atoms with Gasteiger partial charge in [-0.2, -0.15) is 0 Å². The van der Waals surface area contributed by atoms with E-state index in [0.717, 1.165) is 18.5 Å². The van der Waals surface area contributed by atoms with Crippen LogP contribution in [0.5, 0.6) is 0 Å². The summed E-state index contributed by atoms with van der Waals surface area (Å²) in [6.07, 6.45) is 5.58. The largest absolute Gasteiger partial charge is 0.370 e. The van der Waals surface area contributed by atoms with Gasteiger partial charge in [0.15, 0.2) is 0 Å². The second-order valence-corrected chi connectivity index (χ2v) is 6.06. The summed E-state index contributed by atoms with van der Waals surface area (Å²) in [4.78, 5) is 2.54. The van der Waals surface area contributed by atoms with E-state index in [9.17, 15) is 0 Å². The van der Waals surface area contributed by atoms with Crippen molar-refractivity contribution in [1.29, 1.82) is 0 Å². The summed E-state index contributed by atoms with van der Waals surface area (Å²) in [7, 11) is 0. The Balaban J connectivity index is 1.57. The van der Waals surface area contributed by atoms with E-state index in [0.29, 0.717) is 0 Å². The van der Waals surface area contributed by atoms with Crippen LogP contribution < -0.4 is 10.2 Å². The molecule has 0 aromatic heterocycles. The van der Waals surface area contributed by atoms with Crippen LogP contribution >= 0.6 is 0 Å². The van der Waals surface area contributed by atoms with Crippen LogP contribution in [-0.4, -0.2) is 19.6 Å². The Morgan fingerprint density at radius 2 is 2.11 bits per heavy atom. The van der Waals surface area contributed by atoms with Crippen molar-refractivity contribution in [2.45, 2.75) is 39.2 Å². The van der Waals surface area contributed by atoms with Crippen LogP contribution in [0.4, 0.5) is 5.69 Å². The predicted molar refractivity (Wildman–Crippen MR) is 76.9 cm³/mol. The maximum absolute atomic E-state index is 3.47. The highest BCUT2D eigenvalue weighted by atomic mass is 15.2. The lowest BCUT2D eigenvalue weighted by atomic mass is 9.63. The molecule has 0 radical (unpaired) electrons. The fourth-order valence-corrected chi connectivity index (χ4v) is 3.21. The number of hydrogen-bond donors (Lipinski definition) is 1. The van der Waals surface area contributed by atoms with Gasteiger partial charge in [-0.15, -0.1) is 0 Å². The Morgan fingerprint density at radius 3 is 2.78 bits per heavy atom. The van der Waals surface area contributed by atoms with Crippen LogP contribution in [0, 0.1) is 5.41 Å². The molecule has 2 heteroatoms. The van der Waals surface area contributed by atoms with Gasteiger partial charge in [0.25, 0.3) is 0 Å². The summed E-state index contributed by atoms with van der Waals surface area (Å²) in [6, 6.07) is 9.04. The zero-order valence-electron chi connectivity index (χ0n) is 11.4. The molecule has 1 aromatic carbocycles. The summed E-state index contributed by atoms with van der Waals surface area (Å²) in [6.45, 7) is 6.90. The number of benzene rings is 1. The van der Waals surface area contributed by atoms with Crippen molar-refractivity contribution in [2.24, 2.45) is 5.41 Å². The van der Waals surface area contributed by atoms with Crippen LogP contribution in [-0.2, 0) is 6.54 Å². The predicted octanol–water partition coefficient (Wildman–Crippen LogP) is 3.18. The van der Waals surface area contributed by atoms with Crippen LogP contribution in [0.15, 0.2) is 24.3 Å². The first-order valence-corrected chi connectivity index (χ1v) is 7.36. The molecule has 1 aromatic rings. The van der Waals surface area contributed by atoms with E-state index >= 15 is 0 Å².